The predicted octanol–water partition coefficient (Wildman–Crippen LogP) is 6.39. The second kappa shape index (κ2) is 11.9. The number of H-pyrrole nitrogens is 2. The summed E-state index contributed by atoms with van der Waals surface area (Å²) in [5, 5.41) is 6.99. The highest BCUT2D eigenvalue weighted by atomic mass is 15.0. The van der Waals surface area contributed by atoms with Gasteiger partial charge in [0.15, 0.2) is 0 Å². The fourth-order valence-electron chi connectivity index (χ4n) is 5.83. The highest BCUT2D eigenvalue weighted by Gasteiger charge is 2.20. The van der Waals surface area contributed by atoms with Crippen LogP contribution in [0.5, 0.6) is 0 Å². The van der Waals surface area contributed by atoms with E-state index in [1.54, 1.807) is 6.20 Å². The quantitative estimate of drug-likeness (QED) is 0.192. The molecule has 0 aliphatic carbocycles. The predicted molar refractivity (Wildman–Crippen MR) is 167 cm³/mol. The maximum Gasteiger partial charge on any atom is 0.124 e. The molecule has 0 bridgehead atoms. The summed E-state index contributed by atoms with van der Waals surface area (Å²) in [5.74, 6) is 14.5. The van der Waals surface area contributed by atoms with Crippen LogP contribution in [0.3, 0.4) is 0 Å². The average molecular weight is 549 g/mol. The Morgan fingerprint density at radius 2 is 1.33 bits per heavy atom. The molecule has 42 heavy (non-hydrogen) atoms. The molecule has 4 N–H and O–H groups in total. The third-order valence-electron chi connectivity index (χ3n) is 8.04. The van der Waals surface area contributed by atoms with Crippen molar-refractivity contribution in [1.29, 1.82) is 0 Å². The molecule has 0 amide bonds. The van der Waals surface area contributed by atoms with Gasteiger partial charge in [-0.1, -0.05) is 60.5 Å². The van der Waals surface area contributed by atoms with Gasteiger partial charge in [-0.15, -0.1) is 0 Å². The molecule has 2 aliphatic heterocycles. The third-order valence-corrected chi connectivity index (χ3v) is 8.04. The molecule has 206 valence electrons. The number of rotatable bonds is 5. The molecule has 4 heterocycles. The Hall–Kier alpha value is -4.88. The fraction of sp³-hybridized carbons (Fsp3) is 0.222. The van der Waals surface area contributed by atoms with Gasteiger partial charge in [-0.05, 0) is 97.0 Å². The van der Waals surface area contributed by atoms with Crippen molar-refractivity contribution in [1.82, 2.24) is 30.6 Å². The summed E-state index contributed by atoms with van der Waals surface area (Å²) in [5.41, 5.74) is 8.31. The number of nitrogens with one attached hydrogen (secondary N) is 4. The summed E-state index contributed by atoms with van der Waals surface area (Å²) in [6.07, 6.45) is 8.29. The van der Waals surface area contributed by atoms with E-state index in [1.165, 1.54) is 24.0 Å². The summed E-state index contributed by atoms with van der Waals surface area (Å²) in [7, 11) is 0. The van der Waals surface area contributed by atoms with Crippen LogP contribution in [-0.4, -0.2) is 33.0 Å². The lowest BCUT2D eigenvalue weighted by Gasteiger charge is -2.10. The van der Waals surface area contributed by atoms with Gasteiger partial charge in [0.05, 0.1) is 30.2 Å². The monoisotopic (exact) mass is 548 g/mol. The van der Waals surface area contributed by atoms with E-state index in [4.69, 9.17) is 4.98 Å². The number of nitrogens with zero attached hydrogens (tertiary/aromatic N) is 2. The van der Waals surface area contributed by atoms with E-state index in [-0.39, 0.29) is 0 Å². The Bertz CT molecular complexity index is 1810. The first-order chi connectivity index (χ1) is 20.8. The zero-order chi connectivity index (χ0) is 28.1. The maximum absolute atomic E-state index is 4.69. The topological polar surface area (TPSA) is 81.4 Å². The maximum atomic E-state index is 4.69. The average Bonchev–Trinajstić information content (AvgIpc) is 3.87. The van der Waals surface area contributed by atoms with Crippen molar-refractivity contribution in [3.8, 4) is 57.2 Å². The summed E-state index contributed by atoms with van der Waals surface area (Å²) in [6.45, 7) is 2.07. The molecule has 5 aromatic rings. The molecule has 2 aliphatic rings. The first-order valence-corrected chi connectivity index (χ1v) is 14.7. The Labute approximate surface area is 246 Å². The summed E-state index contributed by atoms with van der Waals surface area (Å²) in [4.78, 5) is 16.1. The number of hydrogen-bond donors (Lipinski definition) is 4. The van der Waals surface area contributed by atoms with Gasteiger partial charge in [0, 0.05) is 11.1 Å². The SMILES string of the molecule is C(C#Cc1ccc(-c2cnc([C@@H]3CCCN3)[nH]2)cc1-c1cccc(-c2ccccc2)c1)#Cc1cnc([C@@H]2CCCN2)[nH]1. The van der Waals surface area contributed by atoms with Crippen LogP contribution in [0.2, 0.25) is 0 Å². The highest BCUT2D eigenvalue weighted by molar-refractivity contribution is 5.80. The minimum absolute atomic E-state index is 0.291. The van der Waals surface area contributed by atoms with E-state index < -0.39 is 0 Å². The van der Waals surface area contributed by atoms with Crippen molar-refractivity contribution in [2.45, 2.75) is 37.8 Å². The second-order valence-corrected chi connectivity index (χ2v) is 10.9. The van der Waals surface area contributed by atoms with E-state index in [0.717, 1.165) is 71.2 Å². The molecule has 6 nitrogen and oxygen atoms in total. The van der Waals surface area contributed by atoms with Crippen molar-refractivity contribution < 1.29 is 0 Å². The largest absolute Gasteiger partial charge is 0.341 e. The van der Waals surface area contributed by atoms with Crippen LogP contribution in [0.25, 0.3) is 33.5 Å². The van der Waals surface area contributed by atoms with Crippen LogP contribution >= 0.6 is 0 Å². The van der Waals surface area contributed by atoms with Crippen molar-refractivity contribution >= 4 is 0 Å². The Morgan fingerprint density at radius 1 is 0.619 bits per heavy atom. The van der Waals surface area contributed by atoms with Crippen LogP contribution < -0.4 is 10.6 Å². The number of aromatic amines is 2. The van der Waals surface area contributed by atoms with Crippen molar-refractivity contribution in [3.63, 3.8) is 0 Å². The zero-order valence-electron chi connectivity index (χ0n) is 23.4. The molecule has 6 heteroatoms. The summed E-state index contributed by atoms with van der Waals surface area (Å²) in [6, 6.07) is 26.1. The standard InChI is InChI=1S/C36H32N6/c1-2-9-25(10-3-1)27-12-6-13-28(21-27)31-22-29(34-24-40-36(42-34)33-16-8-20-38-33)18-17-26(31)11-4-5-14-30-23-39-35(41-30)32-15-7-19-37-32/h1-3,6,9-10,12-13,17-18,21-24,32-33,37-38H,7-8,15-16,19-20H2,(H,39,41)(H,40,42)/t32-,33-/m0/s1. The molecule has 2 aromatic heterocycles. The van der Waals surface area contributed by atoms with Gasteiger partial charge in [-0.25, -0.2) is 9.97 Å². The third kappa shape index (κ3) is 5.64. The minimum Gasteiger partial charge on any atom is -0.341 e. The molecule has 2 saturated heterocycles. The lowest BCUT2D eigenvalue weighted by Crippen LogP contribution is -2.14. The van der Waals surface area contributed by atoms with Gasteiger partial charge in [0.2, 0.25) is 0 Å². The van der Waals surface area contributed by atoms with Gasteiger partial charge < -0.3 is 20.6 Å². The molecule has 3 aromatic carbocycles. The first-order valence-electron chi connectivity index (χ1n) is 14.7. The molecule has 0 spiro atoms. The van der Waals surface area contributed by atoms with Gasteiger partial charge >= 0.3 is 0 Å². The number of imidazole rings is 2. The van der Waals surface area contributed by atoms with E-state index in [0.29, 0.717) is 12.1 Å². The Balaban J connectivity index is 1.22. The minimum atomic E-state index is 0.291. The molecule has 0 radical (unpaired) electrons. The number of benzene rings is 3. The van der Waals surface area contributed by atoms with Crippen molar-refractivity contribution in [3.05, 3.63) is 108 Å². The molecular formula is C36H32N6. The normalized spacial score (nSPS) is 17.8. The summed E-state index contributed by atoms with van der Waals surface area (Å²) < 4.78 is 0. The van der Waals surface area contributed by atoms with E-state index in [1.807, 2.05) is 12.3 Å². The van der Waals surface area contributed by atoms with E-state index in [9.17, 15) is 0 Å². The Morgan fingerprint density at radius 3 is 2.12 bits per heavy atom. The van der Waals surface area contributed by atoms with E-state index in [2.05, 4.69) is 116 Å². The first kappa shape index (κ1) is 26.0. The molecular weight excluding hydrogens is 516 g/mol. The highest BCUT2D eigenvalue weighted by Crippen LogP contribution is 2.32. The molecule has 0 unspecified atom stereocenters. The van der Waals surface area contributed by atoms with Crippen LogP contribution in [0.1, 0.15) is 60.7 Å². The van der Waals surface area contributed by atoms with Gasteiger partial charge in [0.1, 0.15) is 17.3 Å². The second-order valence-electron chi connectivity index (χ2n) is 10.9. The van der Waals surface area contributed by atoms with Crippen LogP contribution in [0, 0.1) is 23.7 Å². The lowest BCUT2D eigenvalue weighted by atomic mass is 9.94. The van der Waals surface area contributed by atoms with Crippen LogP contribution in [-0.2, 0) is 0 Å². The number of hydrogen-bond acceptors (Lipinski definition) is 4. The molecule has 2 fully saturated rings. The summed E-state index contributed by atoms with van der Waals surface area (Å²) >= 11 is 0. The zero-order valence-corrected chi connectivity index (χ0v) is 23.4. The molecule has 2 atom stereocenters. The van der Waals surface area contributed by atoms with Crippen LogP contribution in [0.15, 0.2) is 85.2 Å². The lowest BCUT2D eigenvalue weighted by molar-refractivity contribution is 0.612. The fourth-order valence-corrected chi connectivity index (χ4v) is 5.83. The molecule has 0 saturated carbocycles. The van der Waals surface area contributed by atoms with Gasteiger partial charge in [-0.2, -0.15) is 0 Å². The van der Waals surface area contributed by atoms with Crippen molar-refractivity contribution in [2.24, 2.45) is 0 Å². The van der Waals surface area contributed by atoms with Gasteiger partial charge in [-0.3, -0.25) is 0 Å². The van der Waals surface area contributed by atoms with Gasteiger partial charge in [0.25, 0.3) is 0 Å². The van der Waals surface area contributed by atoms with Crippen molar-refractivity contribution in [2.75, 3.05) is 13.1 Å². The van der Waals surface area contributed by atoms with E-state index >= 15 is 0 Å². The smallest absolute Gasteiger partial charge is 0.124 e. The number of aromatic nitrogens is 4. The Kier molecular flexibility index (Phi) is 7.40. The molecule has 7 rings (SSSR count). The van der Waals surface area contributed by atoms with Crippen LogP contribution in [0.4, 0.5) is 0 Å².